The zero-order valence-electron chi connectivity index (χ0n) is 12.3. The minimum absolute atomic E-state index is 0.140. The van der Waals surface area contributed by atoms with E-state index in [0.717, 1.165) is 18.9 Å². The number of unbranched alkanes of at least 4 members (excludes halogenated alkanes) is 6. The van der Waals surface area contributed by atoms with Crippen molar-refractivity contribution in [2.45, 2.75) is 71.3 Å². The molecule has 110 valence electrons. The third-order valence-corrected chi connectivity index (χ3v) is 3.03. The van der Waals surface area contributed by atoms with E-state index in [1.165, 1.54) is 44.6 Å². The lowest BCUT2D eigenvalue weighted by Crippen LogP contribution is -2.31. The average Bonchev–Trinajstić information content (AvgIpc) is 2.35. The van der Waals surface area contributed by atoms with E-state index < -0.39 is 5.91 Å². The van der Waals surface area contributed by atoms with Gasteiger partial charge >= 0.3 is 0 Å². The second kappa shape index (κ2) is 11.8. The minimum Gasteiger partial charge on any atom is -0.366 e. The second-order valence-electron chi connectivity index (χ2n) is 5.06. The fourth-order valence-corrected chi connectivity index (χ4v) is 1.93. The van der Waals surface area contributed by atoms with Gasteiger partial charge in [-0.2, -0.15) is 0 Å². The van der Waals surface area contributed by atoms with E-state index in [9.17, 15) is 9.59 Å². The Hall–Kier alpha value is -1.32. The Bertz CT molecular complexity index is 288. The maximum Gasteiger partial charge on any atom is 0.244 e. The van der Waals surface area contributed by atoms with Crippen LogP contribution in [0.15, 0.2) is 12.2 Å². The van der Waals surface area contributed by atoms with Gasteiger partial charge in [0, 0.05) is 18.2 Å². The Labute approximate surface area is 116 Å². The summed E-state index contributed by atoms with van der Waals surface area (Å²) in [6.07, 6.45) is 12.1. The van der Waals surface area contributed by atoms with Crippen molar-refractivity contribution in [3.8, 4) is 0 Å². The van der Waals surface area contributed by atoms with E-state index in [1.807, 2.05) is 6.92 Å². The number of primary amides is 1. The van der Waals surface area contributed by atoms with Crippen LogP contribution in [0.1, 0.15) is 65.2 Å². The standard InChI is InChI=1S/C15H28N2O2/c1-3-4-5-6-7-8-9-10-13(2)17-15(19)12-11-14(16)18/h11-13H,3-10H2,1-2H3,(H2,16,18)(H,17,19)/b12-11-. The average molecular weight is 268 g/mol. The van der Waals surface area contributed by atoms with Crippen LogP contribution in [0, 0.1) is 0 Å². The monoisotopic (exact) mass is 268 g/mol. The van der Waals surface area contributed by atoms with Gasteiger partial charge in [0.15, 0.2) is 0 Å². The van der Waals surface area contributed by atoms with Crippen LogP contribution in [0.5, 0.6) is 0 Å². The molecule has 3 N–H and O–H groups in total. The fraction of sp³-hybridized carbons (Fsp3) is 0.733. The maximum absolute atomic E-state index is 11.4. The van der Waals surface area contributed by atoms with Crippen molar-refractivity contribution in [1.82, 2.24) is 5.32 Å². The molecule has 0 heterocycles. The molecule has 0 aromatic rings. The van der Waals surface area contributed by atoms with Crippen LogP contribution in [0.4, 0.5) is 0 Å². The van der Waals surface area contributed by atoms with Crippen LogP contribution in [0.3, 0.4) is 0 Å². The quantitative estimate of drug-likeness (QED) is 0.446. The Kier molecular flexibility index (Phi) is 10.9. The van der Waals surface area contributed by atoms with Crippen LogP contribution in [-0.4, -0.2) is 17.9 Å². The molecule has 0 rings (SSSR count). The topological polar surface area (TPSA) is 72.2 Å². The van der Waals surface area contributed by atoms with Crippen molar-refractivity contribution in [3.05, 3.63) is 12.2 Å². The molecule has 0 aromatic heterocycles. The molecule has 0 aliphatic heterocycles. The van der Waals surface area contributed by atoms with Crippen LogP contribution in [0.25, 0.3) is 0 Å². The number of nitrogens with one attached hydrogen (secondary N) is 1. The Balaban J connectivity index is 3.51. The lowest BCUT2D eigenvalue weighted by atomic mass is 10.1. The molecule has 19 heavy (non-hydrogen) atoms. The highest BCUT2D eigenvalue weighted by molar-refractivity contribution is 5.96. The van der Waals surface area contributed by atoms with Gasteiger partial charge < -0.3 is 11.1 Å². The molecule has 0 aromatic carbocycles. The predicted molar refractivity (Wildman–Crippen MR) is 78.5 cm³/mol. The number of hydrogen-bond acceptors (Lipinski definition) is 2. The van der Waals surface area contributed by atoms with Crippen molar-refractivity contribution in [3.63, 3.8) is 0 Å². The largest absolute Gasteiger partial charge is 0.366 e. The summed E-state index contributed by atoms with van der Waals surface area (Å²) in [6, 6.07) is 0.140. The van der Waals surface area contributed by atoms with Gasteiger partial charge in [-0.05, 0) is 13.3 Å². The molecule has 0 aliphatic carbocycles. The summed E-state index contributed by atoms with van der Waals surface area (Å²) in [5.41, 5.74) is 4.91. The van der Waals surface area contributed by atoms with E-state index in [4.69, 9.17) is 5.73 Å². The van der Waals surface area contributed by atoms with E-state index in [2.05, 4.69) is 12.2 Å². The van der Waals surface area contributed by atoms with Gasteiger partial charge in [0.25, 0.3) is 0 Å². The molecule has 4 nitrogen and oxygen atoms in total. The summed E-state index contributed by atoms with van der Waals surface area (Å²) in [4.78, 5) is 21.8. The number of rotatable bonds is 11. The van der Waals surface area contributed by atoms with Gasteiger partial charge in [-0.25, -0.2) is 0 Å². The molecule has 0 saturated heterocycles. The van der Waals surface area contributed by atoms with Crippen LogP contribution < -0.4 is 11.1 Å². The molecule has 0 radical (unpaired) electrons. The molecule has 0 bridgehead atoms. The molecule has 0 saturated carbocycles. The smallest absolute Gasteiger partial charge is 0.244 e. The van der Waals surface area contributed by atoms with Crippen molar-refractivity contribution < 1.29 is 9.59 Å². The van der Waals surface area contributed by atoms with Gasteiger partial charge in [0.2, 0.25) is 11.8 Å². The Morgan fingerprint density at radius 2 is 1.63 bits per heavy atom. The zero-order valence-corrected chi connectivity index (χ0v) is 12.3. The fourth-order valence-electron chi connectivity index (χ4n) is 1.93. The van der Waals surface area contributed by atoms with E-state index in [-0.39, 0.29) is 11.9 Å². The molecule has 0 spiro atoms. The van der Waals surface area contributed by atoms with Crippen molar-refractivity contribution in [1.29, 1.82) is 0 Å². The first-order valence-corrected chi connectivity index (χ1v) is 7.34. The highest BCUT2D eigenvalue weighted by Gasteiger charge is 2.04. The number of hydrogen-bond donors (Lipinski definition) is 2. The number of nitrogens with two attached hydrogens (primary N) is 1. The molecule has 1 atom stereocenters. The Morgan fingerprint density at radius 1 is 1.05 bits per heavy atom. The van der Waals surface area contributed by atoms with Gasteiger partial charge in [-0.1, -0.05) is 51.9 Å². The molecular formula is C15H28N2O2. The van der Waals surface area contributed by atoms with Gasteiger partial charge in [-0.3, -0.25) is 9.59 Å². The van der Waals surface area contributed by atoms with Crippen molar-refractivity contribution >= 4 is 11.8 Å². The molecule has 0 fully saturated rings. The lowest BCUT2D eigenvalue weighted by molar-refractivity contribution is -0.118. The van der Waals surface area contributed by atoms with Gasteiger partial charge in [0.05, 0.1) is 0 Å². The first kappa shape index (κ1) is 17.7. The van der Waals surface area contributed by atoms with Crippen molar-refractivity contribution in [2.75, 3.05) is 0 Å². The first-order chi connectivity index (χ1) is 9.06. The van der Waals surface area contributed by atoms with Crippen LogP contribution in [-0.2, 0) is 9.59 Å². The molecule has 2 amide bonds. The predicted octanol–water partition coefficient (Wildman–Crippen LogP) is 2.67. The SMILES string of the molecule is CCCCCCCCCC(C)NC(=O)/C=C\C(N)=O. The summed E-state index contributed by atoms with van der Waals surface area (Å²) in [5, 5.41) is 2.81. The highest BCUT2D eigenvalue weighted by Crippen LogP contribution is 2.09. The summed E-state index contributed by atoms with van der Waals surface area (Å²) >= 11 is 0. The minimum atomic E-state index is -0.602. The Morgan fingerprint density at radius 3 is 2.21 bits per heavy atom. The summed E-state index contributed by atoms with van der Waals surface area (Å²) in [6.45, 7) is 4.20. The van der Waals surface area contributed by atoms with E-state index in [0.29, 0.717) is 0 Å². The summed E-state index contributed by atoms with van der Waals surface area (Å²) < 4.78 is 0. The number of amides is 2. The van der Waals surface area contributed by atoms with Crippen LogP contribution >= 0.6 is 0 Å². The third-order valence-electron chi connectivity index (χ3n) is 3.03. The summed E-state index contributed by atoms with van der Waals surface area (Å²) in [7, 11) is 0. The number of carbonyl (C=O) groups is 2. The van der Waals surface area contributed by atoms with Gasteiger partial charge in [0.1, 0.15) is 0 Å². The third kappa shape index (κ3) is 12.9. The molecule has 0 aliphatic rings. The second-order valence-corrected chi connectivity index (χ2v) is 5.06. The van der Waals surface area contributed by atoms with Gasteiger partial charge in [-0.15, -0.1) is 0 Å². The maximum atomic E-state index is 11.4. The zero-order chi connectivity index (χ0) is 14.5. The van der Waals surface area contributed by atoms with Crippen molar-refractivity contribution in [2.24, 2.45) is 5.73 Å². The lowest BCUT2D eigenvalue weighted by Gasteiger charge is -2.12. The summed E-state index contributed by atoms with van der Waals surface area (Å²) in [5.74, 6) is -0.857. The molecule has 4 heteroatoms. The first-order valence-electron chi connectivity index (χ1n) is 7.34. The number of carbonyl (C=O) groups excluding carboxylic acids is 2. The van der Waals surface area contributed by atoms with E-state index in [1.54, 1.807) is 0 Å². The van der Waals surface area contributed by atoms with Crippen LogP contribution in [0.2, 0.25) is 0 Å². The normalized spacial score (nSPS) is 12.5. The highest BCUT2D eigenvalue weighted by atomic mass is 16.2. The molecular weight excluding hydrogens is 240 g/mol. The van der Waals surface area contributed by atoms with E-state index >= 15 is 0 Å². The molecule has 1 unspecified atom stereocenters.